The maximum atomic E-state index is 2.44. The van der Waals surface area contributed by atoms with Gasteiger partial charge in [-0.2, -0.15) is 0 Å². The van der Waals surface area contributed by atoms with Crippen molar-refractivity contribution < 1.29 is 0 Å². The molecule has 3 aromatic carbocycles. The molecule has 0 amide bonds. The van der Waals surface area contributed by atoms with Gasteiger partial charge in [-0.15, -0.1) is 0 Å². The number of aryl methyl sites for hydroxylation is 3. The molecular weight excluding hydrogens is 492 g/mol. The van der Waals surface area contributed by atoms with Crippen LogP contribution in [-0.4, -0.2) is 0 Å². The summed E-state index contributed by atoms with van der Waals surface area (Å²) in [4.78, 5) is 0. The van der Waals surface area contributed by atoms with Crippen molar-refractivity contribution in [3.63, 3.8) is 0 Å². The third-order valence-corrected chi connectivity index (χ3v) is 11.1. The molecule has 0 aromatic heterocycles. The van der Waals surface area contributed by atoms with Gasteiger partial charge < -0.3 is 0 Å². The molecule has 0 heteroatoms. The SMILES string of the molecule is Cc1ccc(-c2ccc(C3CCC(C)CC3)cc2C)cc1.Cc1ccc(C2CCC(C3CCC(C)CC3)CC2)cc1. The Balaban J connectivity index is 0.000000165. The molecular formula is C41H56. The third kappa shape index (κ3) is 8.15. The Hall–Kier alpha value is -2.34. The summed E-state index contributed by atoms with van der Waals surface area (Å²) in [5.74, 6) is 5.65. The van der Waals surface area contributed by atoms with E-state index in [-0.39, 0.29) is 0 Å². The fourth-order valence-electron chi connectivity index (χ4n) is 8.11. The Kier molecular flexibility index (Phi) is 10.4. The third-order valence-electron chi connectivity index (χ3n) is 11.1. The van der Waals surface area contributed by atoms with Gasteiger partial charge in [0.25, 0.3) is 0 Å². The van der Waals surface area contributed by atoms with Crippen molar-refractivity contribution in [1.29, 1.82) is 0 Å². The molecule has 0 unspecified atom stereocenters. The van der Waals surface area contributed by atoms with E-state index in [4.69, 9.17) is 0 Å². The lowest BCUT2D eigenvalue weighted by atomic mass is 9.68. The molecule has 0 atom stereocenters. The Morgan fingerprint density at radius 3 is 1.39 bits per heavy atom. The summed E-state index contributed by atoms with van der Waals surface area (Å²) in [7, 11) is 0. The molecule has 0 spiro atoms. The highest BCUT2D eigenvalue weighted by Crippen LogP contribution is 2.44. The first-order valence-corrected chi connectivity index (χ1v) is 17.1. The van der Waals surface area contributed by atoms with Crippen molar-refractivity contribution in [3.05, 3.63) is 94.5 Å². The fraction of sp³-hybridized carbons (Fsp3) is 0.561. The topological polar surface area (TPSA) is 0 Å². The second-order valence-corrected chi connectivity index (χ2v) is 14.4. The zero-order valence-electron chi connectivity index (χ0n) is 26.8. The highest BCUT2D eigenvalue weighted by Gasteiger charge is 2.30. The van der Waals surface area contributed by atoms with Crippen LogP contribution in [0, 0.1) is 44.4 Å². The van der Waals surface area contributed by atoms with E-state index >= 15 is 0 Å². The molecule has 0 nitrogen and oxygen atoms in total. The van der Waals surface area contributed by atoms with Crippen LogP contribution in [0.1, 0.15) is 131 Å². The van der Waals surface area contributed by atoms with E-state index in [9.17, 15) is 0 Å². The monoisotopic (exact) mass is 548 g/mol. The van der Waals surface area contributed by atoms with Gasteiger partial charge in [0.05, 0.1) is 0 Å². The first kappa shape index (κ1) is 30.1. The number of rotatable bonds is 4. The number of hydrogen-bond donors (Lipinski definition) is 0. The van der Waals surface area contributed by atoms with Crippen molar-refractivity contribution in [2.24, 2.45) is 23.7 Å². The number of benzene rings is 3. The summed E-state index contributed by atoms with van der Waals surface area (Å²) in [5, 5.41) is 0. The van der Waals surface area contributed by atoms with E-state index in [2.05, 4.69) is 101 Å². The van der Waals surface area contributed by atoms with Crippen LogP contribution in [-0.2, 0) is 0 Å². The minimum absolute atomic E-state index is 0.784. The van der Waals surface area contributed by atoms with Crippen LogP contribution in [0.4, 0.5) is 0 Å². The van der Waals surface area contributed by atoms with E-state index < -0.39 is 0 Å². The van der Waals surface area contributed by atoms with Crippen LogP contribution < -0.4 is 0 Å². The van der Waals surface area contributed by atoms with Crippen molar-refractivity contribution >= 4 is 0 Å². The maximum Gasteiger partial charge on any atom is -0.0155 e. The molecule has 3 aliphatic carbocycles. The predicted octanol–water partition coefficient (Wildman–Crippen LogP) is 12.4. The van der Waals surface area contributed by atoms with Crippen molar-refractivity contribution in [1.82, 2.24) is 0 Å². The molecule has 0 N–H and O–H groups in total. The van der Waals surface area contributed by atoms with Gasteiger partial charge in [-0.1, -0.05) is 117 Å². The Bertz CT molecular complexity index is 1190. The smallest absolute Gasteiger partial charge is 0.0155 e. The lowest BCUT2D eigenvalue weighted by Gasteiger charge is -2.37. The summed E-state index contributed by atoms with van der Waals surface area (Å²) in [5.41, 5.74) is 9.98. The average molecular weight is 549 g/mol. The summed E-state index contributed by atoms with van der Waals surface area (Å²) < 4.78 is 0. The minimum Gasteiger partial charge on any atom is -0.0625 e. The van der Waals surface area contributed by atoms with Gasteiger partial charge >= 0.3 is 0 Å². The van der Waals surface area contributed by atoms with Crippen LogP contribution in [0.2, 0.25) is 0 Å². The summed E-state index contributed by atoms with van der Waals surface area (Å²) in [6.07, 6.45) is 17.4. The normalized spacial score (nSPS) is 28.4. The Morgan fingerprint density at radius 2 is 0.854 bits per heavy atom. The van der Waals surface area contributed by atoms with Gasteiger partial charge in [0.15, 0.2) is 0 Å². The van der Waals surface area contributed by atoms with E-state index in [0.29, 0.717) is 0 Å². The van der Waals surface area contributed by atoms with Gasteiger partial charge in [-0.25, -0.2) is 0 Å². The number of hydrogen-bond acceptors (Lipinski definition) is 0. The molecule has 0 radical (unpaired) electrons. The van der Waals surface area contributed by atoms with Gasteiger partial charge in [0, 0.05) is 0 Å². The van der Waals surface area contributed by atoms with E-state index in [1.165, 1.54) is 105 Å². The maximum absolute atomic E-state index is 2.44. The van der Waals surface area contributed by atoms with Gasteiger partial charge in [0.1, 0.15) is 0 Å². The van der Waals surface area contributed by atoms with E-state index in [1.54, 1.807) is 11.1 Å². The molecule has 0 saturated heterocycles. The second-order valence-electron chi connectivity index (χ2n) is 14.4. The van der Waals surface area contributed by atoms with Crippen LogP contribution >= 0.6 is 0 Å². The second kappa shape index (κ2) is 14.2. The predicted molar refractivity (Wildman–Crippen MR) is 179 cm³/mol. The van der Waals surface area contributed by atoms with Crippen LogP contribution in [0.3, 0.4) is 0 Å². The van der Waals surface area contributed by atoms with Crippen molar-refractivity contribution in [2.75, 3.05) is 0 Å². The molecule has 3 saturated carbocycles. The molecule has 0 heterocycles. The zero-order valence-corrected chi connectivity index (χ0v) is 26.8. The summed E-state index contributed by atoms with van der Waals surface area (Å²) in [6, 6.07) is 25.3. The molecule has 3 aromatic rings. The van der Waals surface area contributed by atoms with Crippen LogP contribution in [0.25, 0.3) is 11.1 Å². The molecule has 3 aliphatic rings. The minimum atomic E-state index is 0.784. The lowest BCUT2D eigenvalue weighted by molar-refractivity contribution is 0.165. The lowest BCUT2D eigenvalue weighted by Crippen LogP contribution is -2.24. The van der Waals surface area contributed by atoms with E-state index in [0.717, 1.165) is 35.5 Å². The first-order chi connectivity index (χ1) is 19.9. The van der Waals surface area contributed by atoms with Gasteiger partial charge in [-0.05, 0) is 135 Å². The van der Waals surface area contributed by atoms with Crippen LogP contribution in [0.15, 0.2) is 66.7 Å². The van der Waals surface area contributed by atoms with Crippen molar-refractivity contribution in [2.45, 2.75) is 124 Å². The molecule has 0 aliphatic heterocycles. The summed E-state index contributed by atoms with van der Waals surface area (Å²) in [6.45, 7) is 11.4. The zero-order chi connectivity index (χ0) is 28.8. The van der Waals surface area contributed by atoms with Gasteiger partial charge in [0.2, 0.25) is 0 Å². The standard InChI is InChI=1S/C21H26.C20H30/c1-15-4-8-18(9-5-15)20-12-13-21(17(3)14-20)19-10-6-16(2)7-11-19;1-15-3-7-17(8-4-15)19-11-13-20(14-12-19)18-9-5-16(2)6-10-18/h6-7,10-15,18H,4-5,8-9H2,1-3H3;3-4,7-8,16,18-20H,5-6,9-14H2,1-2H3. The molecule has 41 heavy (non-hydrogen) atoms. The first-order valence-electron chi connectivity index (χ1n) is 17.1. The summed E-state index contributed by atoms with van der Waals surface area (Å²) >= 11 is 0. The largest absolute Gasteiger partial charge is 0.0625 e. The van der Waals surface area contributed by atoms with Crippen molar-refractivity contribution in [3.8, 4) is 11.1 Å². The van der Waals surface area contributed by atoms with E-state index in [1.807, 2.05) is 0 Å². The molecule has 0 bridgehead atoms. The molecule has 220 valence electrons. The average Bonchev–Trinajstić information content (AvgIpc) is 2.99. The quantitative estimate of drug-likeness (QED) is 0.304. The Morgan fingerprint density at radius 1 is 0.439 bits per heavy atom. The molecule has 3 fully saturated rings. The highest BCUT2D eigenvalue weighted by molar-refractivity contribution is 5.68. The highest BCUT2D eigenvalue weighted by atomic mass is 14.4. The fourth-order valence-corrected chi connectivity index (χ4v) is 8.11. The molecule has 6 rings (SSSR count). The van der Waals surface area contributed by atoms with Crippen LogP contribution in [0.5, 0.6) is 0 Å². The van der Waals surface area contributed by atoms with Gasteiger partial charge in [-0.3, -0.25) is 0 Å². The Labute approximate surface area is 252 Å².